The summed E-state index contributed by atoms with van der Waals surface area (Å²) in [5, 5.41) is 14.6. The molecule has 0 aliphatic carbocycles. The van der Waals surface area contributed by atoms with Crippen molar-refractivity contribution in [1.29, 1.82) is 0 Å². The standard InChI is InChI=1S/C13H16BrClN2O3/c1-2-8(5-12(18)19)7-16-13(20)17-9-3-4-11(15)10(14)6-9/h3-4,6,8H,2,5,7H2,1H3,(H,18,19)(H2,16,17,20). The van der Waals surface area contributed by atoms with Crippen LogP contribution in [0.2, 0.25) is 5.02 Å². The van der Waals surface area contributed by atoms with Gasteiger partial charge in [-0.25, -0.2) is 4.79 Å². The number of hydrogen-bond acceptors (Lipinski definition) is 2. The van der Waals surface area contributed by atoms with Gasteiger partial charge in [0.15, 0.2) is 0 Å². The van der Waals surface area contributed by atoms with Crippen LogP contribution in [0.15, 0.2) is 22.7 Å². The Kier molecular flexibility index (Phi) is 6.81. The van der Waals surface area contributed by atoms with E-state index in [1.165, 1.54) is 0 Å². The lowest BCUT2D eigenvalue weighted by molar-refractivity contribution is -0.138. The molecule has 1 aromatic rings. The number of anilines is 1. The molecule has 0 radical (unpaired) electrons. The van der Waals surface area contributed by atoms with Crippen LogP contribution in [0, 0.1) is 5.92 Å². The van der Waals surface area contributed by atoms with Gasteiger partial charge in [-0.1, -0.05) is 24.9 Å². The zero-order valence-corrected chi connectivity index (χ0v) is 13.3. The summed E-state index contributed by atoms with van der Waals surface area (Å²) in [6, 6.07) is 4.67. The molecule has 0 aliphatic heterocycles. The van der Waals surface area contributed by atoms with Gasteiger partial charge in [0.25, 0.3) is 0 Å². The van der Waals surface area contributed by atoms with Gasteiger partial charge in [0.1, 0.15) is 0 Å². The second kappa shape index (κ2) is 8.11. The predicted molar refractivity (Wildman–Crippen MR) is 82.2 cm³/mol. The summed E-state index contributed by atoms with van der Waals surface area (Å²) in [6.07, 6.45) is 0.738. The lowest BCUT2D eigenvalue weighted by Gasteiger charge is -2.14. The molecule has 0 heterocycles. The van der Waals surface area contributed by atoms with E-state index in [0.717, 1.165) is 0 Å². The monoisotopic (exact) mass is 362 g/mol. The molecule has 1 aromatic carbocycles. The Morgan fingerprint density at radius 1 is 1.45 bits per heavy atom. The molecule has 20 heavy (non-hydrogen) atoms. The van der Waals surface area contributed by atoms with Gasteiger partial charge in [-0.2, -0.15) is 0 Å². The molecule has 110 valence electrons. The third-order valence-corrected chi connectivity index (χ3v) is 3.98. The highest BCUT2D eigenvalue weighted by molar-refractivity contribution is 9.10. The highest BCUT2D eigenvalue weighted by Gasteiger charge is 2.12. The van der Waals surface area contributed by atoms with Crippen LogP contribution in [0.5, 0.6) is 0 Å². The number of carbonyl (C=O) groups excluding carboxylic acids is 1. The fourth-order valence-corrected chi connectivity index (χ4v) is 2.09. The maximum absolute atomic E-state index is 11.7. The van der Waals surface area contributed by atoms with E-state index in [4.69, 9.17) is 16.7 Å². The van der Waals surface area contributed by atoms with Gasteiger partial charge in [-0.3, -0.25) is 4.79 Å². The minimum absolute atomic E-state index is 0.0449. The topological polar surface area (TPSA) is 78.4 Å². The molecule has 1 unspecified atom stereocenters. The van der Waals surface area contributed by atoms with Gasteiger partial charge in [0.2, 0.25) is 0 Å². The minimum Gasteiger partial charge on any atom is -0.481 e. The van der Waals surface area contributed by atoms with Crippen molar-refractivity contribution >= 4 is 45.2 Å². The second-order valence-electron chi connectivity index (χ2n) is 4.34. The summed E-state index contributed by atoms with van der Waals surface area (Å²) < 4.78 is 0.689. The number of carboxylic acid groups (broad SMARTS) is 1. The van der Waals surface area contributed by atoms with Crippen molar-refractivity contribution in [2.24, 2.45) is 5.92 Å². The number of rotatable bonds is 6. The van der Waals surface area contributed by atoms with Gasteiger partial charge >= 0.3 is 12.0 Å². The summed E-state index contributed by atoms with van der Waals surface area (Å²) in [5.41, 5.74) is 0.602. The normalized spacial score (nSPS) is 11.8. The molecule has 7 heteroatoms. The van der Waals surface area contributed by atoms with Crippen LogP contribution in [0.1, 0.15) is 19.8 Å². The first kappa shape index (κ1) is 16.8. The Morgan fingerprint density at radius 2 is 2.15 bits per heavy atom. The Balaban J connectivity index is 2.46. The quantitative estimate of drug-likeness (QED) is 0.720. The molecule has 0 aromatic heterocycles. The molecule has 0 fully saturated rings. The Bertz CT molecular complexity index is 497. The van der Waals surface area contributed by atoms with Crippen LogP contribution in [0.25, 0.3) is 0 Å². The highest BCUT2D eigenvalue weighted by atomic mass is 79.9. The van der Waals surface area contributed by atoms with E-state index in [1.54, 1.807) is 18.2 Å². The smallest absolute Gasteiger partial charge is 0.319 e. The number of urea groups is 1. The van der Waals surface area contributed by atoms with Gasteiger partial charge in [0, 0.05) is 23.1 Å². The lowest BCUT2D eigenvalue weighted by atomic mass is 10.0. The van der Waals surface area contributed by atoms with Crippen molar-refractivity contribution in [2.75, 3.05) is 11.9 Å². The summed E-state index contributed by atoms with van der Waals surface area (Å²) in [4.78, 5) is 22.3. The van der Waals surface area contributed by atoms with Crippen LogP contribution in [-0.4, -0.2) is 23.7 Å². The van der Waals surface area contributed by atoms with Crippen molar-refractivity contribution < 1.29 is 14.7 Å². The van der Waals surface area contributed by atoms with E-state index in [0.29, 0.717) is 28.1 Å². The van der Waals surface area contributed by atoms with Crippen LogP contribution in [0.3, 0.4) is 0 Å². The molecule has 5 nitrogen and oxygen atoms in total. The van der Waals surface area contributed by atoms with E-state index in [2.05, 4.69) is 26.6 Å². The van der Waals surface area contributed by atoms with Crippen molar-refractivity contribution in [3.63, 3.8) is 0 Å². The van der Waals surface area contributed by atoms with Gasteiger partial charge < -0.3 is 15.7 Å². The van der Waals surface area contributed by atoms with E-state index in [1.807, 2.05) is 6.92 Å². The van der Waals surface area contributed by atoms with Crippen molar-refractivity contribution in [1.82, 2.24) is 5.32 Å². The third kappa shape index (κ3) is 5.79. The number of aliphatic carboxylic acids is 1. The number of amides is 2. The maximum Gasteiger partial charge on any atom is 0.319 e. The Hall–Kier alpha value is -1.27. The van der Waals surface area contributed by atoms with Crippen LogP contribution in [0.4, 0.5) is 10.5 Å². The van der Waals surface area contributed by atoms with Gasteiger partial charge in [0.05, 0.1) is 5.02 Å². The minimum atomic E-state index is -0.860. The van der Waals surface area contributed by atoms with Crippen LogP contribution in [-0.2, 0) is 4.79 Å². The van der Waals surface area contributed by atoms with Crippen molar-refractivity contribution in [3.05, 3.63) is 27.7 Å². The molecule has 2 amide bonds. The molecule has 3 N–H and O–H groups in total. The zero-order valence-electron chi connectivity index (χ0n) is 11.0. The summed E-state index contributed by atoms with van der Waals surface area (Å²) in [6.45, 7) is 2.22. The number of halogens is 2. The summed E-state index contributed by atoms with van der Waals surface area (Å²) in [5.74, 6) is -0.934. The number of benzene rings is 1. The molecule has 0 saturated carbocycles. The van der Waals surface area contributed by atoms with E-state index in [-0.39, 0.29) is 18.4 Å². The first-order chi connectivity index (χ1) is 9.42. The molecule has 0 spiro atoms. The van der Waals surface area contributed by atoms with Crippen LogP contribution < -0.4 is 10.6 Å². The number of carboxylic acids is 1. The SMILES string of the molecule is CCC(CNC(=O)Nc1ccc(Cl)c(Br)c1)CC(=O)O. The second-order valence-corrected chi connectivity index (χ2v) is 5.60. The molecule has 0 saturated heterocycles. The van der Waals surface area contributed by atoms with Crippen LogP contribution >= 0.6 is 27.5 Å². The molecule has 1 rings (SSSR count). The predicted octanol–water partition coefficient (Wildman–Crippen LogP) is 3.72. The molecular weight excluding hydrogens is 348 g/mol. The van der Waals surface area contributed by atoms with Gasteiger partial charge in [-0.15, -0.1) is 0 Å². The number of hydrogen-bond donors (Lipinski definition) is 3. The molecule has 0 aliphatic rings. The summed E-state index contributed by atoms with van der Waals surface area (Å²) >= 11 is 9.12. The average molecular weight is 364 g/mol. The fourth-order valence-electron chi connectivity index (χ4n) is 1.59. The lowest BCUT2D eigenvalue weighted by Crippen LogP contribution is -2.33. The highest BCUT2D eigenvalue weighted by Crippen LogP contribution is 2.25. The Morgan fingerprint density at radius 3 is 2.70 bits per heavy atom. The largest absolute Gasteiger partial charge is 0.481 e. The summed E-state index contributed by atoms with van der Waals surface area (Å²) in [7, 11) is 0. The van der Waals surface area contributed by atoms with Gasteiger partial charge in [-0.05, 0) is 40.0 Å². The van der Waals surface area contributed by atoms with E-state index in [9.17, 15) is 9.59 Å². The average Bonchev–Trinajstić information content (AvgIpc) is 2.38. The molecule has 0 bridgehead atoms. The Labute approximate surface area is 130 Å². The number of carbonyl (C=O) groups is 2. The van der Waals surface area contributed by atoms with Crippen molar-refractivity contribution in [3.8, 4) is 0 Å². The van der Waals surface area contributed by atoms with E-state index < -0.39 is 5.97 Å². The van der Waals surface area contributed by atoms with Crippen molar-refractivity contribution in [2.45, 2.75) is 19.8 Å². The first-order valence-electron chi connectivity index (χ1n) is 6.14. The number of nitrogens with one attached hydrogen (secondary N) is 2. The van der Waals surface area contributed by atoms with E-state index >= 15 is 0 Å². The zero-order chi connectivity index (χ0) is 15.1. The first-order valence-corrected chi connectivity index (χ1v) is 7.31. The molecular formula is C13H16BrClN2O3. The third-order valence-electron chi connectivity index (χ3n) is 2.77. The molecule has 1 atom stereocenters. The maximum atomic E-state index is 11.7. The fraction of sp³-hybridized carbons (Fsp3) is 0.385.